The van der Waals surface area contributed by atoms with Gasteiger partial charge in [-0.15, -0.1) is 0 Å². The number of rotatable bonds is 3. The molecule has 2 rings (SSSR count). The molecule has 1 N–H and O–H groups in total. The average molecular weight is 300 g/mol. The number of nitrogens with zero attached hydrogens (tertiary/aromatic N) is 2. The maximum atomic E-state index is 12.2. The summed E-state index contributed by atoms with van der Waals surface area (Å²) >= 11 is 5.96. The van der Waals surface area contributed by atoms with Gasteiger partial charge >= 0.3 is 10.2 Å². The van der Waals surface area contributed by atoms with Crippen LogP contribution in [0.5, 0.6) is 0 Å². The Morgan fingerprint density at radius 3 is 2.53 bits per heavy atom. The lowest BCUT2D eigenvalue weighted by Gasteiger charge is -2.26. The topological polar surface area (TPSA) is 73.2 Å². The summed E-state index contributed by atoms with van der Waals surface area (Å²) in [6, 6.07) is 6.42. The molecule has 0 unspecified atom stereocenters. The van der Waals surface area contributed by atoms with Crippen molar-refractivity contribution in [3.8, 4) is 6.07 Å². The van der Waals surface area contributed by atoms with E-state index in [1.807, 2.05) is 6.07 Å². The van der Waals surface area contributed by atoms with Crippen LogP contribution in [-0.4, -0.2) is 25.8 Å². The zero-order valence-electron chi connectivity index (χ0n) is 10.3. The highest BCUT2D eigenvalue weighted by Gasteiger charge is 2.24. The maximum absolute atomic E-state index is 12.2. The fraction of sp³-hybridized carbons (Fsp3) is 0.417. The molecule has 0 saturated carbocycles. The summed E-state index contributed by atoms with van der Waals surface area (Å²) in [7, 11) is -3.56. The second-order valence-corrected chi connectivity index (χ2v) is 6.45. The average Bonchev–Trinajstić information content (AvgIpc) is 2.42. The first-order chi connectivity index (χ1) is 9.03. The molecule has 1 saturated heterocycles. The molecule has 0 aliphatic carbocycles. The SMILES string of the molecule is N#Cc1ccc(NS(=O)(=O)N2CCCCC2)c(Cl)c1. The van der Waals surface area contributed by atoms with Gasteiger partial charge in [0, 0.05) is 13.1 Å². The first-order valence-corrected chi connectivity index (χ1v) is 7.82. The summed E-state index contributed by atoms with van der Waals surface area (Å²) in [5, 5.41) is 8.96. The van der Waals surface area contributed by atoms with E-state index in [9.17, 15) is 8.42 Å². The smallest absolute Gasteiger partial charge is 0.269 e. The van der Waals surface area contributed by atoms with E-state index in [4.69, 9.17) is 16.9 Å². The van der Waals surface area contributed by atoms with Crippen molar-refractivity contribution in [1.82, 2.24) is 4.31 Å². The van der Waals surface area contributed by atoms with Crippen molar-refractivity contribution in [3.05, 3.63) is 28.8 Å². The highest BCUT2D eigenvalue weighted by atomic mass is 35.5. The quantitative estimate of drug-likeness (QED) is 0.931. The second-order valence-electron chi connectivity index (χ2n) is 4.37. The van der Waals surface area contributed by atoms with Gasteiger partial charge < -0.3 is 0 Å². The third-order valence-corrected chi connectivity index (χ3v) is 4.83. The largest absolute Gasteiger partial charge is 0.301 e. The number of piperidine rings is 1. The first kappa shape index (κ1) is 14.1. The number of nitriles is 1. The molecule has 0 aromatic heterocycles. The van der Waals surface area contributed by atoms with Gasteiger partial charge in [-0.1, -0.05) is 18.0 Å². The molecule has 5 nitrogen and oxygen atoms in total. The number of nitrogens with one attached hydrogen (secondary N) is 1. The highest BCUT2D eigenvalue weighted by Crippen LogP contribution is 2.25. The number of benzene rings is 1. The van der Waals surface area contributed by atoms with Crippen LogP contribution in [0.3, 0.4) is 0 Å². The third-order valence-electron chi connectivity index (χ3n) is 2.99. The summed E-state index contributed by atoms with van der Waals surface area (Å²) in [5.41, 5.74) is 0.692. The highest BCUT2D eigenvalue weighted by molar-refractivity contribution is 7.90. The van der Waals surface area contributed by atoms with Gasteiger partial charge in [-0.3, -0.25) is 4.72 Å². The van der Waals surface area contributed by atoms with E-state index in [1.54, 1.807) is 0 Å². The van der Waals surface area contributed by atoms with Crippen LogP contribution in [0.2, 0.25) is 5.02 Å². The van der Waals surface area contributed by atoms with Gasteiger partial charge in [-0.25, -0.2) is 0 Å². The van der Waals surface area contributed by atoms with Gasteiger partial charge in [-0.05, 0) is 31.0 Å². The lowest BCUT2D eigenvalue weighted by molar-refractivity contribution is 0.349. The van der Waals surface area contributed by atoms with Crippen LogP contribution in [-0.2, 0) is 10.2 Å². The summed E-state index contributed by atoms with van der Waals surface area (Å²) in [6.45, 7) is 1.06. The Bertz CT molecular complexity index is 604. The molecule has 1 aromatic rings. The van der Waals surface area contributed by atoms with Gasteiger partial charge in [0.25, 0.3) is 0 Å². The molecule has 0 bridgehead atoms. The second kappa shape index (κ2) is 5.78. The van der Waals surface area contributed by atoms with Gasteiger partial charge in [0.1, 0.15) is 0 Å². The molecule has 7 heteroatoms. The molecule has 1 aromatic carbocycles. The Morgan fingerprint density at radius 1 is 1.26 bits per heavy atom. The van der Waals surface area contributed by atoms with Crippen LogP contribution in [0.15, 0.2) is 18.2 Å². The van der Waals surface area contributed by atoms with E-state index in [-0.39, 0.29) is 5.02 Å². The van der Waals surface area contributed by atoms with Gasteiger partial charge in [0.15, 0.2) is 0 Å². The van der Waals surface area contributed by atoms with Gasteiger partial charge in [0.2, 0.25) is 0 Å². The molecule has 1 heterocycles. The van der Waals surface area contributed by atoms with Crippen LogP contribution < -0.4 is 4.72 Å². The van der Waals surface area contributed by atoms with E-state index < -0.39 is 10.2 Å². The normalized spacial score (nSPS) is 16.8. The summed E-state index contributed by atoms with van der Waals surface area (Å²) in [5.74, 6) is 0. The van der Waals surface area contributed by atoms with Crippen LogP contribution in [0.25, 0.3) is 0 Å². The Labute approximate surface area is 118 Å². The Balaban J connectivity index is 2.18. The molecular weight excluding hydrogens is 286 g/mol. The van der Waals surface area contributed by atoms with Crippen molar-refractivity contribution < 1.29 is 8.42 Å². The first-order valence-electron chi connectivity index (χ1n) is 6.00. The summed E-state index contributed by atoms with van der Waals surface area (Å²) < 4.78 is 28.2. The lowest BCUT2D eigenvalue weighted by Crippen LogP contribution is -2.39. The molecule has 1 fully saturated rings. The van der Waals surface area contributed by atoms with Gasteiger partial charge in [-0.2, -0.15) is 18.0 Å². The predicted molar refractivity (Wildman–Crippen MR) is 74.1 cm³/mol. The zero-order valence-corrected chi connectivity index (χ0v) is 11.8. The number of halogens is 1. The van der Waals surface area contributed by atoms with Crippen LogP contribution in [0.4, 0.5) is 5.69 Å². The molecule has 0 spiro atoms. The van der Waals surface area contributed by atoms with Crippen molar-refractivity contribution in [1.29, 1.82) is 5.26 Å². The molecule has 102 valence electrons. The minimum atomic E-state index is -3.56. The predicted octanol–water partition coefficient (Wildman–Crippen LogP) is 2.35. The molecule has 1 aliphatic rings. The number of anilines is 1. The van der Waals surface area contributed by atoms with Crippen LogP contribution in [0.1, 0.15) is 24.8 Å². The van der Waals surface area contributed by atoms with Gasteiger partial charge in [0.05, 0.1) is 22.3 Å². The fourth-order valence-corrected chi connectivity index (χ4v) is 3.58. The summed E-state index contributed by atoms with van der Waals surface area (Å²) in [4.78, 5) is 0. The number of hydrogen-bond donors (Lipinski definition) is 1. The maximum Gasteiger partial charge on any atom is 0.301 e. The minimum Gasteiger partial charge on any atom is -0.269 e. The van der Waals surface area contributed by atoms with Crippen LogP contribution in [0, 0.1) is 11.3 Å². The third kappa shape index (κ3) is 3.38. The Hall–Kier alpha value is -1.29. The van der Waals surface area contributed by atoms with Crippen molar-refractivity contribution in [2.75, 3.05) is 17.8 Å². The van der Waals surface area contributed by atoms with E-state index >= 15 is 0 Å². The zero-order chi connectivity index (χ0) is 13.9. The number of hydrogen-bond acceptors (Lipinski definition) is 3. The van der Waals surface area contributed by atoms with E-state index in [1.165, 1.54) is 22.5 Å². The molecule has 19 heavy (non-hydrogen) atoms. The monoisotopic (exact) mass is 299 g/mol. The van der Waals surface area contributed by atoms with Crippen molar-refractivity contribution in [2.24, 2.45) is 0 Å². The van der Waals surface area contributed by atoms with E-state index in [0.717, 1.165) is 19.3 Å². The Morgan fingerprint density at radius 2 is 1.95 bits per heavy atom. The molecule has 0 radical (unpaired) electrons. The van der Waals surface area contributed by atoms with E-state index in [0.29, 0.717) is 24.3 Å². The molecule has 0 amide bonds. The Kier molecular flexibility index (Phi) is 4.30. The van der Waals surface area contributed by atoms with Crippen molar-refractivity contribution in [2.45, 2.75) is 19.3 Å². The van der Waals surface area contributed by atoms with Crippen LogP contribution >= 0.6 is 11.6 Å². The molecule has 1 aliphatic heterocycles. The van der Waals surface area contributed by atoms with Crippen molar-refractivity contribution >= 4 is 27.5 Å². The van der Waals surface area contributed by atoms with E-state index in [2.05, 4.69) is 4.72 Å². The lowest BCUT2D eigenvalue weighted by atomic mass is 10.2. The molecule has 0 atom stereocenters. The fourth-order valence-electron chi connectivity index (χ4n) is 1.98. The minimum absolute atomic E-state index is 0.222. The summed E-state index contributed by atoms with van der Waals surface area (Å²) in [6.07, 6.45) is 2.81. The standard InChI is InChI=1S/C12H14ClN3O2S/c13-11-8-10(9-14)4-5-12(11)15-19(17,18)16-6-2-1-3-7-16/h4-5,8,15H,1-3,6-7H2. The van der Waals surface area contributed by atoms with Crippen molar-refractivity contribution in [3.63, 3.8) is 0 Å². The molecular formula is C12H14ClN3O2S.